The van der Waals surface area contributed by atoms with Crippen molar-refractivity contribution in [3.63, 3.8) is 0 Å². The second-order valence-corrected chi connectivity index (χ2v) is 5.30. The topological polar surface area (TPSA) is 88.2 Å². The molecule has 0 spiro atoms. The van der Waals surface area contributed by atoms with Gasteiger partial charge in [-0.25, -0.2) is 9.78 Å². The van der Waals surface area contributed by atoms with Crippen molar-refractivity contribution in [1.29, 1.82) is 0 Å². The van der Waals surface area contributed by atoms with Crippen LogP contribution in [0.2, 0.25) is 0 Å². The zero-order valence-electron chi connectivity index (χ0n) is 11.2. The number of carboxylic acid groups (broad SMARTS) is 1. The van der Waals surface area contributed by atoms with E-state index in [2.05, 4.69) is 17.2 Å². The third kappa shape index (κ3) is 3.36. The fourth-order valence-electron chi connectivity index (χ4n) is 2.69. The standard InChI is InChI=1S/C14H21N3O2/c1-9(10-5-3-2-4-6-10)17-13-12(15)7-11(8-16-13)14(18)19/h7-10H,2-6,15H2,1H3,(H,16,17)(H,18,19). The van der Waals surface area contributed by atoms with Crippen molar-refractivity contribution in [2.45, 2.75) is 45.1 Å². The van der Waals surface area contributed by atoms with Gasteiger partial charge in [0.1, 0.15) is 5.82 Å². The number of carboxylic acids is 1. The van der Waals surface area contributed by atoms with E-state index in [-0.39, 0.29) is 5.56 Å². The summed E-state index contributed by atoms with van der Waals surface area (Å²) in [6, 6.07) is 1.76. The Morgan fingerprint density at radius 3 is 2.74 bits per heavy atom. The largest absolute Gasteiger partial charge is 0.478 e. The first-order chi connectivity index (χ1) is 9.08. The Balaban J connectivity index is 2.03. The molecule has 0 aliphatic heterocycles. The molecule has 5 heteroatoms. The summed E-state index contributed by atoms with van der Waals surface area (Å²) in [5, 5.41) is 12.2. The number of nitrogens with one attached hydrogen (secondary N) is 1. The number of nitrogens with two attached hydrogens (primary N) is 1. The molecule has 1 aliphatic carbocycles. The lowest BCUT2D eigenvalue weighted by Gasteiger charge is -2.28. The van der Waals surface area contributed by atoms with Crippen LogP contribution in [0, 0.1) is 5.92 Å². The molecule has 1 atom stereocenters. The lowest BCUT2D eigenvalue weighted by atomic mass is 9.84. The number of anilines is 2. The minimum absolute atomic E-state index is 0.119. The molecule has 104 valence electrons. The van der Waals surface area contributed by atoms with Gasteiger partial charge in [0.05, 0.1) is 11.3 Å². The number of hydrogen-bond donors (Lipinski definition) is 3. The molecule has 0 radical (unpaired) electrons. The molecule has 0 saturated heterocycles. The quantitative estimate of drug-likeness (QED) is 0.777. The maximum absolute atomic E-state index is 10.8. The summed E-state index contributed by atoms with van der Waals surface area (Å²) in [5.41, 5.74) is 6.36. The minimum Gasteiger partial charge on any atom is -0.478 e. The van der Waals surface area contributed by atoms with Gasteiger partial charge in [0.15, 0.2) is 0 Å². The number of nitrogen functional groups attached to an aromatic ring is 1. The Labute approximate surface area is 113 Å². The monoisotopic (exact) mass is 263 g/mol. The summed E-state index contributed by atoms with van der Waals surface area (Å²) >= 11 is 0. The fourth-order valence-corrected chi connectivity index (χ4v) is 2.69. The van der Waals surface area contributed by atoms with Gasteiger partial charge in [-0.3, -0.25) is 0 Å². The Kier molecular flexibility index (Phi) is 4.24. The number of aromatic carboxylic acids is 1. The molecule has 0 aromatic carbocycles. The molecule has 4 N–H and O–H groups in total. The Morgan fingerprint density at radius 1 is 1.47 bits per heavy atom. The highest BCUT2D eigenvalue weighted by atomic mass is 16.4. The predicted molar refractivity (Wildman–Crippen MR) is 75.3 cm³/mol. The summed E-state index contributed by atoms with van der Waals surface area (Å²) in [4.78, 5) is 14.9. The van der Waals surface area contributed by atoms with Crippen LogP contribution >= 0.6 is 0 Å². The van der Waals surface area contributed by atoms with Gasteiger partial charge in [0.2, 0.25) is 0 Å². The first-order valence-corrected chi connectivity index (χ1v) is 6.83. The maximum atomic E-state index is 10.8. The fraction of sp³-hybridized carbons (Fsp3) is 0.571. The number of pyridine rings is 1. The average Bonchev–Trinajstić information content (AvgIpc) is 2.41. The van der Waals surface area contributed by atoms with E-state index in [4.69, 9.17) is 10.8 Å². The number of hydrogen-bond acceptors (Lipinski definition) is 4. The van der Waals surface area contributed by atoms with E-state index in [9.17, 15) is 4.79 Å². The number of rotatable bonds is 4. The molecule has 1 aliphatic rings. The van der Waals surface area contributed by atoms with Crippen molar-refractivity contribution in [3.8, 4) is 0 Å². The molecular weight excluding hydrogens is 242 g/mol. The summed E-state index contributed by atoms with van der Waals surface area (Å²) in [6.45, 7) is 2.14. The molecule has 0 amide bonds. The van der Waals surface area contributed by atoms with Gasteiger partial charge in [0.25, 0.3) is 0 Å². The van der Waals surface area contributed by atoms with Gasteiger partial charge < -0.3 is 16.2 Å². The smallest absolute Gasteiger partial charge is 0.337 e. The van der Waals surface area contributed by atoms with Gasteiger partial charge in [-0.05, 0) is 31.7 Å². The summed E-state index contributed by atoms with van der Waals surface area (Å²) in [5.74, 6) is 0.225. The first kappa shape index (κ1) is 13.6. The molecule has 19 heavy (non-hydrogen) atoms. The van der Waals surface area contributed by atoms with Crippen LogP contribution in [-0.4, -0.2) is 22.1 Å². The molecule has 1 fully saturated rings. The minimum atomic E-state index is -1.01. The molecule has 1 unspecified atom stereocenters. The zero-order valence-corrected chi connectivity index (χ0v) is 11.2. The van der Waals surface area contributed by atoms with E-state index in [1.165, 1.54) is 44.4 Å². The Morgan fingerprint density at radius 2 is 2.16 bits per heavy atom. The third-order valence-corrected chi connectivity index (χ3v) is 3.89. The highest BCUT2D eigenvalue weighted by Gasteiger charge is 2.21. The zero-order chi connectivity index (χ0) is 13.8. The van der Waals surface area contributed by atoms with Crippen molar-refractivity contribution >= 4 is 17.5 Å². The molecule has 2 rings (SSSR count). The van der Waals surface area contributed by atoms with E-state index in [1.807, 2.05) is 0 Å². The van der Waals surface area contributed by atoms with Crippen LogP contribution in [-0.2, 0) is 0 Å². The van der Waals surface area contributed by atoms with Gasteiger partial charge in [-0.15, -0.1) is 0 Å². The molecule has 5 nitrogen and oxygen atoms in total. The average molecular weight is 263 g/mol. The van der Waals surface area contributed by atoms with E-state index in [1.54, 1.807) is 0 Å². The molecule has 1 saturated carbocycles. The predicted octanol–water partition coefficient (Wildman–Crippen LogP) is 2.74. The van der Waals surface area contributed by atoms with Gasteiger partial charge >= 0.3 is 5.97 Å². The van der Waals surface area contributed by atoms with Crippen LogP contribution in [0.5, 0.6) is 0 Å². The molecule has 1 aromatic rings. The molecule has 1 aromatic heterocycles. The SMILES string of the molecule is CC(Nc1ncc(C(=O)O)cc1N)C1CCCCC1. The van der Waals surface area contributed by atoms with E-state index in [0.29, 0.717) is 23.5 Å². The second kappa shape index (κ2) is 5.91. The van der Waals surface area contributed by atoms with Crippen LogP contribution in [0.3, 0.4) is 0 Å². The summed E-state index contributed by atoms with van der Waals surface area (Å²) in [7, 11) is 0. The molecule has 1 heterocycles. The summed E-state index contributed by atoms with van der Waals surface area (Å²) < 4.78 is 0. The van der Waals surface area contributed by atoms with Crippen LogP contribution in [0.15, 0.2) is 12.3 Å². The second-order valence-electron chi connectivity index (χ2n) is 5.30. The number of nitrogens with zero attached hydrogens (tertiary/aromatic N) is 1. The van der Waals surface area contributed by atoms with Crippen molar-refractivity contribution in [2.75, 3.05) is 11.1 Å². The van der Waals surface area contributed by atoms with Crippen molar-refractivity contribution in [1.82, 2.24) is 4.98 Å². The van der Waals surface area contributed by atoms with Gasteiger partial charge in [0, 0.05) is 12.2 Å². The van der Waals surface area contributed by atoms with E-state index in [0.717, 1.165) is 0 Å². The van der Waals surface area contributed by atoms with Crippen molar-refractivity contribution in [2.24, 2.45) is 5.92 Å². The highest BCUT2D eigenvalue weighted by molar-refractivity contribution is 5.89. The van der Waals surface area contributed by atoms with Crippen LogP contribution in [0.1, 0.15) is 49.4 Å². The molecular formula is C14H21N3O2. The normalized spacial score (nSPS) is 17.9. The Hall–Kier alpha value is -1.78. The van der Waals surface area contributed by atoms with Crippen LogP contribution < -0.4 is 11.1 Å². The van der Waals surface area contributed by atoms with Crippen LogP contribution in [0.25, 0.3) is 0 Å². The summed E-state index contributed by atoms with van der Waals surface area (Å²) in [6.07, 6.45) is 7.73. The van der Waals surface area contributed by atoms with Gasteiger partial charge in [-0.2, -0.15) is 0 Å². The third-order valence-electron chi connectivity index (χ3n) is 3.89. The molecule has 0 bridgehead atoms. The maximum Gasteiger partial charge on any atom is 0.337 e. The van der Waals surface area contributed by atoms with E-state index >= 15 is 0 Å². The Bertz CT molecular complexity index is 456. The number of aromatic nitrogens is 1. The first-order valence-electron chi connectivity index (χ1n) is 6.83. The van der Waals surface area contributed by atoms with Crippen LogP contribution in [0.4, 0.5) is 11.5 Å². The number of carbonyl (C=O) groups is 1. The lowest BCUT2D eigenvalue weighted by molar-refractivity contribution is 0.0696. The van der Waals surface area contributed by atoms with Crippen molar-refractivity contribution < 1.29 is 9.90 Å². The highest BCUT2D eigenvalue weighted by Crippen LogP contribution is 2.28. The van der Waals surface area contributed by atoms with Gasteiger partial charge in [-0.1, -0.05) is 19.3 Å². The lowest BCUT2D eigenvalue weighted by Crippen LogP contribution is -2.28. The van der Waals surface area contributed by atoms with E-state index < -0.39 is 5.97 Å². The van der Waals surface area contributed by atoms with Crippen molar-refractivity contribution in [3.05, 3.63) is 17.8 Å².